The Hall–Kier alpha value is -0.310. The zero-order valence-corrected chi connectivity index (χ0v) is 10.7. The molecule has 0 spiro atoms. The summed E-state index contributed by atoms with van der Waals surface area (Å²) in [6.07, 6.45) is 1.94. The van der Waals surface area contributed by atoms with Crippen molar-refractivity contribution in [2.45, 2.75) is 14.7 Å². The molecule has 0 aromatic carbocycles. The fraction of sp³-hybridized carbons (Fsp3) is 0.571. The third-order valence-electron chi connectivity index (χ3n) is 1.45. The van der Waals surface area contributed by atoms with Crippen molar-refractivity contribution in [3.8, 4) is 0 Å². The van der Waals surface area contributed by atoms with Crippen LogP contribution in [-0.2, 0) is 9.53 Å². The van der Waals surface area contributed by atoms with E-state index in [9.17, 15) is 4.79 Å². The topological polar surface area (TPSA) is 78.1 Å². The Labute approximate surface area is 100 Å². The summed E-state index contributed by atoms with van der Waals surface area (Å²) in [6.45, 7) is 0. The van der Waals surface area contributed by atoms with Gasteiger partial charge in [0.2, 0.25) is 0 Å². The van der Waals surface area contributed by atoms with Gasteiger partial charge in [-0.05, 0) is 6.26 Å². The number of esters is 1. The molecule has 0 aliphatic rings. The lowest BCUT2D eigenvalue weighted by Gasteiger charge is -2.06. The van der Waals surface area contributed by atoms with Gasteiger partial charge in [0.1, 0.15) is 6.04 Å². The summed E-state index contributed by atoms with van der Waals surface area (Å²) in [7, 11) is 1.32. The normalized spacial score (nSPS) is 12.5. The van der Waals surface area contributed by atoms with Gasteiger partial charge >= 0.3 is 5.97 Å². The van der Waals surface area contributed by atoms with E-state index in [2.05, 4.69) is 14.9 Å². The Bertz CT molecular complexity index is 331. The molecule has 0 bridgehead atoms. The molecule has 5 nitrogen and oxygen atoms in total. The number of hydrogen-bond donors (Lipinski definition) is 1. The number of carbonyl (C=O) groups excluding carboxylic acids is 1. The van der Waals surface area contributed by atoms with Gasteiger partial charge in [0.25, 0.3) is 0 Å². The first kappa shape index (κ1) is 12.8. The molecular formula is C7H11N3O2S3. The minimum Gasteiger partial charge on any atom is -0.468 e. The van der Waals surface area contributed by atoms with Crippen LogP contribution in [0.2, 0.25) is 0 Å². The summed E-state index contributed by atoms with van der Waals surface area (Å²) in [4.78, 5) is 11.0. The second-order valence-corrected chi connectivity index (χ2v) is 5.78. The van der Waals surface area contributed by atoms with Crippen LogP contribution < -0.4 is 5.73 Å². The van der Waals surface area contributed by atoms with Crippen molar-refractivity contribution in [2.24, 2.45) is 5.73 Å². The number of rotatable bonds is 5. The average molecular weight is 265 g/mol. The Morgan fingerprint density at radius 1 is 1.60 bits per heavy atom. The van der Waals surface area contributed by atoms with Crippen LogP contribution in [-0.4, -0.2) is 41.3 Å². The maximum Gasteiger partial charge on any atom is 0.323 e. The minimum absolute atomic E-state index is 0.405. The molecule has 0 fully saturated rings. The van der Waals surface area contributed by atoms with Crippen molar-refractivity contribution in [1.82, 2.24) is 10.2 Å². The molecule has 8 heteroatoms. The standard InChI is InChI=1S/C7H11N3O2S3/c1-12-5(11)4(8)3-14-7-10-9-6(13-2)15-7/h4H,3,8H2,1-2H3. The highest BCUT2D eigenvalue weighted by molar-refractivity contribution is 8.03. The predicted molar refractivity (Wildman–Crippen MR) is 62.4 cm³/mol. The highest BCUT2D eigenvalue weighted by Crippen LogP contribution is 2.27. The number of hydrogen-bond acceptors (Lipinski definition) is 8. The number of aromatic nitrogens is 2. The van der Waals surface area contributed by atoms with E-state index in [1.54, 1.807) is 11.8 Å². The lowest BCUT2D eigenvalue weighted by atomic mass is 10.4. The predicted octanol–water partition coefficient (Wildman–Crippen LogP) is 0.852. The molecule has 84 valence electrons. The summed E-state index contributed by atoms with van der Waals surface area (Å²) in [5.41, 5.74) is 5.57. The Morgan fingerprint density at radius 2 is 2.27 bits per heavy atom. The summed E-state index contributed by atoms with van der Waals surface area (Å²) in [5.74, 6) is 0.0486. The third kappa shape index (κ3) is 3.98. The highest BCUT2D eigenvalue weighted by Gasteiger charge is 2.15. The Balaban J connectivity index is 2.39. The molecule has 0 radical (unpaired) electrons. The molecule has 1 heterocycles. The zero-order valence-electron chi connectivity index (χ0n) is 8.30. The van der Waals surface area contributed by atoms with Crippen LogP contribution >= 0.6 is 34.9 Å². The first-order valence-electron chi connectivity index (χ1n) is 4.01. The van der Waals surface area contributed by atoms with Gasteiger partial charge in [-0.1, -0.05) is 34.9 Å². The number of thioether (sulfide) groups is 2. The molecule has 1 rings (SSSR count). The molecule has 1 aromatic rings. The van der Waals surface area contributed by atoms with Crippen LogP contribution in [0.25, 0.3) is 0 Å². The van der Waals surface area contributed by atoms with Crippen molar-refractivity contribution < 1.29 is 9.53 Å². The smallest absolute Gasteiger partial charge is 0.323 e. The number of methoxy groups -OCH3 is 1. The van der Waals surface area contributed by atoms with E-state index in [1.165, 1.54) is 30.2 Å². The van der Waals surface area contributed by atoms with E-state index < -0.39 is 12.0 Å². The van der Waals surface area contributed by atoms with Gasteiger partial charge in [0, 0.05) is 5.75 Å². The first-order chi connectivity index (χ1) is 7.17. The number of ether oxygens (including phenoxy) is 1. The molecule has 15 heavy (non-hydrogen) atoms. The molecule has 0 saturated carbocycles. The van der Waals surface area contributed by atoms with Gasteiger partial charge in [0.15, 0.2) is 8.68 Å². The SMILES string of the molecule is COC(=O)C(N)CSc1nnc(SC)s1. The lowest BCUT2D eigenvalue weighted by molar-refractivity contribution is -0.141. The maximum atomic E-state index is 11.0. The van der Waals surface area contributed by atoms with Crippen LogP contribution in [0.1, 0.15) is 0 Å². The molecule has 1 aromatic heterocycles. The summed E-state index contributed by atoms with van der Waals surface area (Å²) in [6, 6.07) is -0.610. The van der Waals surface area contributed by atoms with E-state index in [1.807, 2.05) is 6.26 Å². The first-order valence-corrected chi connectivity index (χ1v) is 7.03. The lowest BCUT2D eigenvalue weighted by Crippen LogP contribution is -2.33. The maximum absolute atomic E-state index is 11.0. The van der Waals surface area contributed by atoms with E-state index in [-0.39, 0.29) is 0 Å². The van der Waals surface area contributed by atoms with Gasteiger partial charge in [0.05, 0.1) is 7.11 Å². The molecule has 2 N–H and O–H groups in total. The van der Waals surface area contributed by atoms with E-state index >= 15 is 0 Å². The van der Waals surface area contributed by atoms with Crippen molar-refractivity contribution in [3.05, 3.63) is 0 Å². The van der Waals surface area contributed by atoms with Gasteiger partial charge in [-0.3, -0.25) is 4.79 Å². The second kappa shape index (κ2) is 6.31. The molecule has 0 aliphatic carbocycles. The summed E-state index contributed by atoms with van der Waals surface area (Å²) in [5, 5.41) is 7.88. The largest absolute Gasteiger partial charge is 0.468 e. The third-order valence-corrected chi connectivity index (χ3v) is 4.60. The van der Waals surface area contributed by atoms with Crippen LogP contribution in [0.5, 0.6) is 0 Å². The van der Waals surface area contributed by atoms with Crippen molar-refractivity contribution in [3.63, 3.8) is 0 Å². The van der Waals surface area contributed by atoms with Crippen LogP contribution in [0, 0.1) is 0 Å². The average Bonchev–Trinajstić information content (AvgIpc) is 2.72. The second-order valence-electron chi connectivity index (χ2n) is 2.48. The monoisotopic (exact) mass is 265 g/mol. The summed E-state index contributed by atoms with van der Waals surface area (Å²) >= 11 is 4.45. The van der Waals surface area contributed by atoms with Crippen molar-refractivity contribution in [2.75, 3.05) is 19.1 Å². The quantitative estimate of drug-likeness (QED) is 0.624. The number of carbonyl (C=O) groups is 1. The highest BCUT2D eigenvalue weighted by atomic mass is 32.2. The van der Waals surface area contributed by atoms with Crippen LogP contribution in [0.4, 0.5) is 0 Å². The van der Waals surface area contributed by atoms with Gasteiger partial charge < -0.3 is 10.5 Å². The molecule has 0 saturated heterocycles. The van der Waals surface area contributed by atoms with Crippen molar-refractivity contribution in [1.29, 1.82) is 0 Å². The molecule has 1 unspecified atom stereocenters. The zero-order chi connectivity index (χ0) is 11.3. The van der Waals surface area contributed by atoms with Crippen molar-refractivity contribution >= 4 is 40.8 Å². The van der Waals surface area contributed by atoms with Crippen LogP contribution in [0.3, 0.4) is 0 Å². The summed E-state index contributed by atoms with van der Waals surface area (Å²) < 4.78 is 6.24. The van der Waals surface area contributed by atoms with Gasteiger partial charge in [-0.25, -0.2) is 0 Å². The van der Waals surface area contributed by atoms with E-state index in [0.717, 1.165) is 8.68 Å². The van der Waals surface area contributed by atoms with Gasteiger partial charge in [-0.2, -0.15) is 0 Å². The number of nitrogens with two attached hydrogens (primary N) is 1. The molecular weight excluding hydrogens is 254 g/mol. The fourth-order valence-electron chi connectivity index (χ4n) is 0.718. The van der Waals surface area contributed by atoms with Gasteiger partial charge in [-0.15, -0.1) is 10.2 Å². The number of nitrogens with zero attached hydrogens (tertiary/aromatic N) is 2. The van der Waals surface area contributed by atoms with E-state index in [0.29, 0.717) is 5.75 Å². The molecule has 0 aliphatic heterocycles. The van der Waals surface area contributed by atoms with E-state index in [4.69, 9.17) is 5.73 Å². The molecule has 1 atom stereocenters. The Morgan fingerprint density at radius 3 is 2.80 bits per heavy atom. The minimum atomic E-state index is -0.610. The van der Waals surface area contributed by atoms with Crippen LogP contribution in [0.15, 0.2) is 8.68 Å². The molecule has 0 amide bonds. The Kier molecular flexibility index (Phi) is 5.37. The fourth-order valence-corrected chi connectivity index (χ4v) is 3.12.